The summed E-state index contributed by atoms with van der Waals surface area (Å²) in [6.07, 6.45) is -7.30. The lowest BCUT2D eigenvalue weighted by Crippen LogP contribution is -2.58. The van der Waals surface area contributed by atoms with Crippen molar-refractivity contribution in [2.24, 2.45) is 0 Å². The SMILES string of the molecule is COC(=O)[C@H](Cc1ccccc1)NC(=O)CC(NNC(=O)[C@H](CCCCNC(=O)OCc1ccccc1)NC(=O)OC(C)(C)C)C(F)(F)F. The molecule has 0 aliphatic heterocycles. The lowest BCUT2D eigenvalue weighted by atomic mass is 10.1. The third-order valence-corrected chi connectivity index (χ3v) is 6.67. The second-order valence-corrected chi connectivity index (χ2v) is 11.9. The number of amides is 4. The van der Waals surface area contributed by atoms with Crippen LogP contribution in [0, 0.1) is 0 Å². The highest BCUT2D eigenvalue weighted by molar-refractivity contribution is 5.86. The summed E-state index contributed by atoms with van der Waals surface area (Å²) in [5, 5.41) is 7.17. The van der Waals surface area contributed by atoms with Gasteiger partial charge in [-0.1, -0.05) is 60.7 Å². The first-order valence-electron chi connectivity index (χ1n) is 15.5. The molecule has 13 nitrogen and oxygen atoms in total. The van der Waals surface area contributed by atoms with Crippen LogP contribution in [-0.2, 0) is 41.6 Å². The van der Waals surface area contributed by atoms with Gasteiger partial charge in [0, 0.05) is 13.0 Å². The van der Waals surface area contributed by atoms with Crippen LogP contribution in [0.3, 0.4) is 0 Å². The maximum absolute atomic E-state index is 13.9. The molecule has 270 valence electrons. The highest BCUT2D eigenvalue weighted by atomic mass is 19.4. The largest absolute Gasteiger partial charge is 0.467 e. The first-order chi connectivity index (χ1) is 23.1. The molecule has 2 aromatic rings. The molecular weight excluding hydrogens is 651 g/mol. The number of halogens is 3. The summed E-state index contributed by atoms with van der Waals surface area (Å²) in [6, 6.07) is 12.4. The van der Waals surface area contributed by atoms with Gasteiger partial charge in [0.1, 0.15) is 30.3 Å². The van der Waals surface area contributed by atoms with Gasteiger partial charge in [0.25, 0.3) is 5.91 Å². The molecule has 1 unspecified atom stereocenters. The summed E-state index contributed by atoms with van der Waals surface area (Å²) in [7, 11) is 1.08. The van der Waals surface area contributed by atoms with Crippen LogP contribution in [0.1, 0.15) is 57.6 Å². The summed E-state index contributed by atoms with van der Waals surface area (Å²) in [5.41, 5.74) is 4.29. The predicted octanol–water partition coefficient (Wildman–Crippen LogP) is 3.82. The number of carbonyl (C=O) groups is 5. The van der Waals surface area contributed by atoms with Crippen LogP contribution < -0.4 is 26.8 Å². The van der Waals surface area contributed by atoms with E-state index in [1.807, 2.05) is 16.9 Å². The molecule has 2 rings (SSSR count). The third-order valence-electron chi connectivity index (χ3n) is 6.67. The Labute approximate surface area is 283 Å². The van der Waals surface area contributed by atoms with Gasteiger partial charge < -0.3 is 30.2 Å². The molecule has 0 spiro atoms. The average molecular weight is 696 g/mol. The number of ether oxygens (including phenoxy) is 3. The number of hydrogen-bond donors (Lipinski definition) is 5. The van der Waals surface area contributed by atoms with Gasteiger partial charge in [0.05, 0.1) is 13.5 Å². The van der Waals surface area contributed by atoms with E-state index in [0.717, 1.165) is 12.7 Å². The molecule has 2 aromatic carbocycles. The van der Waals surface area contributed by atoms with Crippen molar-refractivity contribution in [2.45, 2.75) is 89.4 Å². The maximum atomic E-state index is 13.9. The van der Waals surface area contributed by atoms with Crippen LogP contribution in [0.25, 0.3) is 0 Å². The van der Waals surface area contributed by atoms with E-state index in [1.165, 1.54) is 0 Å². The molecular formula is C33H44F3N5O8. The number of carbonyl (C=O) groups excluding carboxylic acids is 5. The number of methoxy groups -OCH3 is 1. The number of nitrogens with one attached hydrogen (secondary N) is 5. The zero-order valence-corrected chi connectivity index (χ0v) is 27.9. The number of hydrogen-bond acceptors (Lipinski definition) is 9. The molecule has 0 fully saturated rings. The Morgan fingerprint density at radius 1 is 0.796 bits per heavy atom. The Morgan fingerprint density at radius 2 is 1.41 bits per heavy atom. The molecule has 16 heteroatoms. The average Bonchev–Trinajstić information content (AvgIpc) is 3.03. The van der Waals surface area contributed by atoms with Crippen LogP contribution in [0.4, 0.5) is 22.8 Å². The molecule has 0 bridgehead atoms. The number of unbranched alkanes of at least 4 members (excludes halogenated alkanes) is 1. The van der Waals surface area contributed by atoms with Gasteiger partial charge >= 0.3 is 24.3 Å². The molecule has 0 radical (unpaired) electrons. The smallest absolute Gasteiger partial charge is 0.408 e. The lowest BCUT2D eigenvalue weighted by Gasteiger charge is -2.26. The summed E-state index contributed by atoms with van der Waals surface area (Å²) in [6.45, 7) is 5.01. The fourth-order valence-corrected chi connectivity index (χ4v) is 4.27. The van der Waals surface area contributed by atoms with E-state index in [-0.39, 0.29) is 32.4 Å². The molecule has 0 saturated heterocycles. The van der Waals surface area contributed by atoms with Crippen molar-refractivity contribution in [1.82, 2.24) is 26.8 Å². The zero-order chi connectivity index (χ0) is 36.5. The van der Waals surface area contributed by atoms with Crippen LogP contribution >= 0.6 is 0 Å². The van der Waals surface area contributed by atoms with Crippen molar-refractivity contribution < 1.29 is 51.4 Å². The van der Waals surface area contributed by atoms with Gasteiger partial charge in [-0.3, -0.25) is 15.0 Å². The highest BCUT2D eigenvalue weighted by Crippen LogP contribution is 2.22. The fraction of sp³-hybridized carbons (Fsp3) is 0.485. The Hall–Kier alpha value is -4.86. The molecule has 0 aliphatic rings. The van der Waals surface area contributed by atoms with Gasteiger partial charge in [-0.15, -0.1) is 0 Å². The summed E-state index contributed by atoms with van der Waals surface area (Å²) < 4.78 is 56.8. The van der Waals surface area contributed by atoms with Gasteiger partial charge in [0.15, 0.2) is 0 Å². The van der Waals surface area contributed by atoms with Crippen LogP contribution in [0.2, 0.25) is 0 Å². The Balaban J connectivity index is 1.97. The van der Waals surface area contributed by atoms with Crippen molar-refractivity contribution in [3.8, 4) is 0 Å². The minimum Gasteiger partial charge on any atom is -0.467 e. The van der Waals surface area contributed by atoms with E-state index in [9.17, 15) is 37.1 Å². The topological polar surface area (TPSA) is 173 Å². The molecule has 49 heavy (non-hydrogen) atoms. The molecule has 0 heterocycles. The predicted molar refractivity (Wildman–Crippen MR) is 171 cm³/mol. The van der Waals surface area contributed by atoms with Gasteiger partial charge in [0.2, 0.25) is 5.91 Å². The number of alkyl carbamates (subject to hydrolysis) is 2. The number of hydrazine groups is 1. The zero-order valence-electron chi connectivity index (χ0n) is 27.9. The van der Waals surface area contributed by atoms with E-state index < -0.39 is 66.3 Å². The van der Waals surface area contributed by atoms with Crippen molar-refractivity contribution in [2.75, 3.05) is 13.7 Å². The molecule has 0 aromatic heterocycles. The number of rotatable bonds is 17. The number of benzene rings is 2. The van der Waals surface area contributed by atoms with Crippen LogP contribution in [-0.4, -0.2) is 73.5 Å². The first-order valence-corrected chi connectivity index (χ1v) is 15.5. The Morgan fingerprint density at radius 3 is 1.98 bits per heavy atom. The second kappa shape index (κ2) is 19.8. The van der Waals surface area contributed by atoms with E-state index in [1.54, 1.807) is 75.4 Å². The van der Waals surface area contributed by atoms with E-state index in [4.69, 9.17) is 14.2 Å². The minimum atomic E-state index is -5.00. The van der Waals surface area contributed by atoms with Gasteiger partial charge in [-0.05, 0) is 51.2 Å². The van der Waals surface area contributed by atoms with E-state index in [0.29, 0.717) is 12.0 Å². The molecule has 3 atom stereocenters. The van der Waals surface area contributed by atoms with Gasteiger partial charge in [-0.2, -0.15) is 13.2 Å². The summed E-state index contributed by atoms with van der Waals surface area (Å²) in [5.74, 6) is -3.02. The number of alkyl halides is 3. The standard InChI is InChI=1S/C33H44F3N5O8/c1-32(2,3)49-31(46)39-24(17-11-12-18-37-30(45)48-21-23-15-9-6-10-16-23)28(43)41-40-26(33(34,35)36)20-27(42)38-25(29(44)47-4)19-22-13-7-5-8-14-22/h5-10,13-16,24-26,40H,11-12,17-21H2,1-4H3,(H,37,45)(H,38,42)(H,39,46)(H,41,43)/t24-,25-,26?/m0/s1. The highest BCUT2D eigenvalue weighted by Gasteiger charge is 2.42. The molecule has 0 aliphatic carbocycles. The molecule has 0 saturated carbocycles. The van der Waals surface area contributed by atoms with Crippen LogP contribution in [0.15, 0.2) is 60.7 Å². The quantitative estimate of drug-likeness (QED) is 0.0714. The Bertz CT molecular complexity index is 1360. The summed E-state index contributed by atoms with van der Waals surface area (Å²) >= 11 is 0. The van der Waals surface area contributed by atoms with Crippen molar-refractivity contribution >= 4 is 30.0 Å². The Kier molecular flexibility index (Phi) is 16.3. The maximum Gasteiger partial charge on any atom is 0.408 e. The third kappa shape index (κ3) is 16.7. The van der Waals surface area contributed by atoms with E-state index in [2.05, 4.69) is 16.0 Å². The van der Waals surface area contributed by atoms with Crippen molar-refractivity contribution in [3.05, 3.63) is 71.8 Å². The summed E-state index contributed by atoms with van der Waals surface area (Å²) in [4.78, 5) is 62.3. The number of esters is 1. The second-order valence-electron chi connectivity index (χ2n) is 11.9. The van der Waals surface area contributed by atoms with E-state index >= 15 is 0 Å². The van der Waals surface area contributed by atoms with Gasteiger partial charge in [-0.25, -0.2) is 19.8 Å². The lowest BCUT2D eigenvalue weighted by molar-refractivity contribution is -0.165. The fourth-order valence-electron chi connectivity index (χ4n) is 4.27. The normalized spacial score (nSPS) is 13.2. The van der Waals surface area contributed by atoms with Crippen molar-refractivity contribution in [1.29, 1.82) is 0 Å². The van der Waals surface area contributed by atoms with Crippen LogP contribution in [0.5, 0.6) is 0 Å². The minimum absolute atomic E-state index is 0.0253. The molecule has 5 N–H and O–H groups in total. The van der Waals surface area contributed by atoms with Crippen molar-refractivity contribution in [3.63, 3.8) is 0 Å². The molecule has 4 amide bonds. The first kappa shape index (κ1) is 40.3. The monoisotopic (exact) mass is 695 g/mol.